The van der Waals surface area contributed by atoms with E-state index in [1.54, 1.807) is 48.5 Å². The quantitative estimate of drug-likeness (QED) is 0.557. The van der Waals surface area contributed by atoms with E-state index < -0.39 is 21.7 Å². The summed E-state index contributed by atoms with van der Waals surface area (Å²) in [5.74, 6) is -0.737. The van der Waals surface area contributed by atoms with Crippen molar-refractivity contribution in [2.45, 2.75) is 4.21 Å². The summed E-state index contributed by atoms with van der Waals surface area (Å²) in [7, 11) is -1.94. The summed E-state index contributed by atoms with van der Waals surface area (Å²) in [6.07, 6.45) is 2.14. The molecule has 0 saturated heterocycles. The maximum atomic E-state index is 12.3. The molecular formula is C19H17N3O6S2. The van der Waals surface area contributed by atoms with E-state index in [1.165, 1.54) is 7.11 Å². The van der Waals surface area contributed by atoms with E-state index in [9.17, 15) is 18.0 Å². The van der Waals surface area contributed by atoms with Gasteiger partial charge in [-0.2, -0.15) is 0 Å². The number of anilines is 2. The van der Waals surface area contributed by atoms with Crippen molar-refractivity contribution in [1.82, 2.24) is 4.98 Å². The molecule has 1 heterocycles. The molecule has 0 aliphatic heterocycles. The minimum absolute atomic E-state index is 0.00543. The average Bonchev–Trinajstić information content (AvgIpc) is 3.19. The van der Waals surface area contributed by atoms with Gasteiger partial charge < -0.3 is 14.8 Å². The number of ether oxygens (including phenoxy) is 2. The lowest BCUT2D eigenvalue weighted by molar-refractivity contribution is -0.133. The van der Waals surface area contributed by atoms with Crippen LogP contribution in [0.15, 0.2) is 58.9 Å². The number of methoxy groups -OCH3 is 1. The number of rotatable bonds is 6. The standard InChI is InChI=1S/C19H17N3O6S2/c1-27-14-9-5-6-10-15(14)28-13-8-4-3-7-12(13)21-17(23)18(24)22-19-20-11-16(29-19)30(2,25)26/h3-11H,1-2H3,(H,21,23)(H,20,22,24). The van der Waals surface area contributed by atoms with Crippen LogP contribution in [0, 0.1) is 0 Å². The number of hydrogen-bond donors (Lipinski definition) is 2. The molecule has 2 aromatic carbocycles. The van der Waals surface area contributed by atoms with E-state index >= 15 is 0 Å². The second-order valence-corrected chi connectivity index (χ2v) is 9.19. The van der Waals surface area contributed by atoms with Gasteiger partial charge in [-0.15, -0.1) is 0 Å². The van der Waals surface area contributed by atoms with Gasteiger partial charge in [-0.25, -0.2) is 13.4 Å². The van der Waals surface area contributed by atoms with Crippen molar-refractivity contribution in [1.29, 1.82) is 0 Å². The van der Waals surface area contributed by atoms with Gasteiger partial charge in [-0.3, -0.25) is 14.9 Å². The molecule has 0 atom stereocenters. The first kappa shape index (κ1) is 21.3. The molecule has 9 nitrogen and oxygen atoms in total. The van der Waals surface area contributed by atoms with Crippen LogP contribution in [0.5, 0.6) is 17.2 Å². The molecule has 0 radical (unpaired) electrons. The van der Waals surface area contributed by atoms with Crippen molar-refractivity contribution >= 4 is 43.8 Å². The van der Waals surface area contributed by atoms with Crippen molar-refractivity contribution in [2.75, 3.05) is 24.0 Å². The molecule has 2 amide bonds. The number of hydrogen-bond acceptors (Lipinski definition) is 8. The molecule has 2 N–H and O–H groups in total. The fourth-order valence-electron chi connectivity index (χ4n) is 2.30. The third-order valence-corrected chi connectivity index (χ3v) is 6.40. The smallest absolute Gasteiger partial charge is 0.315 e. The van der Waals surface area contributed by atoms with Gasteiger partial charge in [-0.1, -0.05) is 35.6 Å². The summed E-state index contributed by atoms with van der Waals surface area (Å²) in [4.78, 5) is 28.3. The highest BCUT2D eigenvalue weighted by Gasteiger charge is 2.19. The molecule has 3 aromatic rings. The largest absolute Gasteiger partial charge is 0.493 e. The SMILES string of the molecule is COc1ccccc1Oc1ccccc1NC(=O)C(=O)Nc1ncc(S(C)(=O)=O)s1. The Morgan fingerprint density at radius 2 is 1.53 bits per heavy atom. The van der Waals surface area contributed by atoms with Crippen LogP contribution in [0.3, 0.4) is 0 Å². The van der Waals surface area contributed by atoms with Crippen molar-refractivity contribution in [3.05, 3.63) is 54.7 Å². The van der Waals surface area contributed by atoms with E-state index in [1.807, 2.05) is 0 Å². The Labute approximate surface area is 176 Å². The molecule has 0 bridgehead atoms. The Hall–Kier alpha value is -3.44. The van der Waals surface area contributed by atoms with Crippen LogP contribution in [0.2, 0.25) is 0 Å². The van der Waals surface area contributed by atoms with Crippen molar-refractivity contribution in [3.8, 4) is 17.2 Å². The zero-order chi connectivity index (χ0) is 21.7. The van der Waals surface area contributed by atoms with E-state index in [0.717, 1.165) is 23.8 Å². The zero-order valence-corrected chi connectivity index (χ0v) is 17.5. The van der Waals surface area contributed by atoms with Crippen LogP contribution in [0.4, 0.5) is 10.8 Å². The normalized spacial score (nSPS) is 10.9. The summed E-state index contributed by atoms with van der Waals surface area (Å²) in [6.45, 7) is 0. The van der Waals surface area contributed by atoms with E-state index in [2.05, 4.69) is 15.6 Å². The predicted molar refractivity (Wildman–Crippen MR) is 112 cm³/mol. The van der Waals surface area contributed by atoms with Gasteiger partial charge in [0.1, 0.15) is 4.21 Å². The lowest BCUT2D eigenvalue weighted by Gasteiger charge is -2.13. The molecular weight excluding hydrogens is 430 g/mol. The Balaban J connectivity index is 1.72. The third-order valence-electron chi connectivity index (χ3n) is 3.70. The summed E-state index contributed by atoms with van der Waals surface area (Å²) in [6, 6.07) is 13.6. The number of carbonyl (C=O) groups is 2. The van der Waals surface area contributed by atoms with Crippen LogP contribution in [0.25, 0.3) is 0 Å². The van der Waals surface area contributed by atoms with Crippen LogP contribution in [-0.2, 0) is 19.4 Å². The van der Waals surface area contributed by atoms with Crippen molar-refractivity contribution < 1.29 is 27.5 Å². The summed E-state index contributed by atoms with van der Waals surface area (Å²) >= 11 is 0.751. The highest BCUT2D eigenvalue weighted by molar-refractivity contribution is 7.92. The second-order valence-electron chi connectivity index (χ2n) is 5.91. The molecule has 156 valence electrons. The average molecular weight is 447 g/mol. The second kappa shape index (κ2) is 8.93. The summed E-state index contributed by atoms with van der Waals surface area (Å²) in [5.41, 5.74) is 0.263. The van der Waals surface area contributed by atoms with Crippen LogP contribution in [-0.4, -0.2) is 38.6 Å². The fraction of sp³-hybridized carbons (Fsp3) is 0.105. The van der Waals surface area contributed by atoms with Gasteiger partial charge in [0, 0.05) is 6.26 Å². The molecule has 0 saturated carbocycles. The minimum Gasteiger partial charge on any atom is -0.493 e. The summed E-state index contributed by atoms with van der Waals surface area (Å²) < 4.78 is 34.0. The molecule has 0 aliphatic rings. The maximum Gasteiger partial charge on any atom is 0.315 e. The summed E-state index contributed by atoms with van der Waals surface area (Å²) in [5, 5.41) is 4.73. The number of sulfone groups is 1. The van der Waals surface area contributed by atoms with Gasteiger partial charge in [-0.05, 0) is 24.3 Å². The fourth-order valence-corrected chi connectivity index (χ4v) is 3.93. The first-order valence-electron chi connectivity index (χ1n) is 8.46. The van der Waals surface area contributed by atoms with Crippen LogP contribution < -0.4 is 20.1 Å². The number of aromatic nitrogens is 1. The Kier molecular flexibility index (Phi) is 6.33. The number of nitrogens with zero attached hydrogens (tertiary/aromatic N) is 1. The Morgan fingerprint density at radius 1 is 0.933 bits per heavy atom. The number of para-hydroxylation sites is 4. The van der Waals surface area contributed by atoms with Gasteiger partial charge in [0.25, 0.3) is 0 Å². The lowest BCUT2D eigenvalue weighted by Crippen LogP contribution is -2.29. The molecule has 0 spiro atoms. The molecule has 30 heavy (non-hydrogen) atoms. The van der Waals surface area contributed by atoms with Gasteiger partial charge in [0.05, 0.1) is 19.0 Å². The molecule has 1 aromatic heterocycles. The number of carbonyl (C=O) groups excluding carboxylic acids is 2. The third kappa shape index (κ3) is 5.13. The number of nitrogens with one attached hydrogen (secondary N) is 2. The minimum atomic E-state index is -3.45. The van der Waals surface area contributed by atoms with E-state index in [-0.39, 0.29) is 15.0 Å². The highest BCUT2D eigenvalue weighted by Crippen LogP contribution is 2.34. The Morgan fingerprint density at radius 3 is 2.17 bits per heavy atom. The monoisotopic (exact) mass is 447 g/mol. The lowest BCUT2D eigenvalue weighted by atomic mass is 10.2. The highest BCUT2D eigenvalue weighted by atomic mass is 32.2. The van der Waals surface area contributed by atoms with Crippen LogP contribution >= 0.6 is 11.3 Å². The molecule has 3 rings (SSSR count). The number of benzene rings is 2. The molecule has 0 unspecified atom stereocenters. The number of thiazole rings is 1. The van der Waals surface area contributed by atoms with Crippen molar-refractivity contribution in [3.63, 3.8) is 0 Å². The van der Waals surface area contributed by atoms with Gasteiger partial charge in [0.15, 0.2) is 32.2 Å². The van der Waals surface area contributed by atoms with E-state index in [0.29, 0.717) is 17.2 Å². The Bertz CT molecular complexity index is 1190. The molecule has 11 heteroatoms. The number of amides is 2. The topological polar surface area (TPSA) is 124 Å². The first-order chi connectivity index (χ1) is 14.3. The first-order valence-corrected chi connectivity index (χ1v) is 11.2. The maximum absolute atomic E-state index is 12.3. The zero-order valence-electron chi connectivity index (χ0n) is 15.9. The van der Waals surface area contributed by atoms with E-state index in [4.69, 9.17) is 9.47 Å². The predicted octanol–water partition coefficient (Wildman–Crippen LogP) is 2.92. The van der Waals surface area contributed by atoms with Crippen LogP contribution in [0.1, 0.15) is 0 Å². The van der Waals surface area contributed by atoms with Gasteiger partial charge in [0.2, 0.25) is 0 Å². The van der Waals surface area contributed by atoms with Crippen molar-refractivity contribution in [2.24, 2.45) is 0 Å². The molecule has 0 fully saturated rings. The molecule has 0 aliphatic carbocycles. The van der Waals surface area contributed by atoms with Gasteiger partial charge >= 0.3 is 11.8 Å².